The molecule has 2 atom stereocenters. The summed E-state index contributed by atoms with van der Waals surface area (Å²) in [6.45, 7) is 7.58. The number of alkyl halides is 1. The summed E-state index contributed by atoms with van der Waals surface area (Å²) < 4.78 is 0. The van der Waals surface area contributed by atoms with Crippen LogP contribution in [0.3, 0.4) is 0 Å². The fraction of sp³-hybridized carbons (Fsp3) is 0.800. The number of halogens is 1. The first-order chi connectivity index (χ1) is 5.22. The predicted molar refractivity (Wildman–Crippen MR) is 56.2 cm³/mol. The Morgan fingerprint density at radius 3 is 2.09 bits per heavy atom. The third kappa shape index (κ3) is 5.49. The van der Waals surface area contributed by atoms with Crippen molar-refractivity contribution in [1.29, 1.82) is 0 Å². The minimum absolute atomic E-state index is 0.816. The molecule has 0 spiro atoms. The van der Waals surface area contributed by atoms with Crippen LogP contribution >= 0.6 is 15.9 Å². The van der Waals surface area contributed by atoms with Gasteiger partial charge in [-0.1, -0.05) is 41.8 Å². The van der Waals surface area contributed by atoms with Gasteiger partial charge in [-0.15, -0.1) is 6.58 Å². The van der Waals surface area contributed by atoms with Crippen LogP contribution in [0.2, 0.25) is 0 Å². The van der Waals surface area contributed by atoms with E-state index in [1.54, 1.807) is 6.08 Å². The van der Waals surface area contributed by atoms with Crippen molar-refractivity contribution < 1.29 is 0 Å². The molecule has 0 aliphatic heterocycles. The van der Waals surface area contributed by atoms with E-state index < -0.39 is 0 Å². The number of hydrogen-bond acceptors (Lipinski definition) is 0. The fourth-order valence-electron chi connectivity index (χ4n) is 1.27. The summed E-state index contributed by atoms with van der Waals surface area (Å²) >= 11 is 3.65. The molecule has 0 saturated heterocycles. The van der Waals surface area contributed by atoms with Crippen LogP contribution in [0.4, 0.5) is 0 Å². The molecule has 0 aromatic rings. The average molecular weight is 219 g/mol. The number of hydrogen-bond donors (Lipinski definition) is 0. The highest BCUT2D eigenvalue weighted by Crippen LogP contribution is 2.28. The van der Waals surface area contributed by atoms with E-state index in [9.17, 15) is 0 Å². The quantitative estimate of drug-likeness (QED) is 0.424. The fourth-order valence-corrected chi connectivity index (χ4v) is 1.86. The second kappa shape index (κ2) is 6.90. The van der Waals surface area contributed by atoms with E-state index >= 15 is 0 Å². The molecular weight excluding hydrogens is 200 g/mol. The minimum atomic E-state index is 0.816. The van der Waals surface area contributed by atoms with Crippen molar-refractivity contribution in [2.24, 2.45) is 5.92 Å². The summed E-state index contributed by atoms with van der Waals surface area (Å²) in [5, 5.41) is 0. The molecular formula is C10H19Br. The van der Waals surface area contributed by atoms with Gasteiger partial charge in [0.25, 0.3) is 0 Å². The number of rotatable bonds is 0. The molecule has 1 rings (SSSR count). The van der Waals surface area contributed by atoms with Gasteiger partial charge in [0.15, 0.2) is 0 Å². The van der Waals surface area contributed by atoms with Gasteiger partial charge in [-0.05, 0) is 25.7 Å². The van der Waals surface area contributed by atoms with Crippen LogP contribution in [0.1, 0.15) is 39.5 Å². The maximum atomic E-state index is 3.65. The van der Waals surface area contributed by atoms with Crippen LogP contribution in [0, 0.1) is 5.92 Å². The van der Waals surface area contributed by atoms with Gasteiger partial charge in [-0.3, -0.25) is 0 Å². The SMILES string of the molecule is C=CC.CC1CCCCC1Br. The zero-order valence-electron chi connectivity index (χ0n) is 7.65. The van der Waals surface area contributed by atoms with Crippen molar-refractivity contribution in [2.75, 3.05) is 0 Å². The monoisotopic (exact) mass is 218 g/mol. The standard InChI is InChI=1S/C7H13Br.C3H6/c1-6-4-2-3-5-7(6)8;1-3-2/h6-7H,2-5H2,1H3;3H,1H2,2H3. The summed E-state index contributed by atoms with van der Waals surface area (Å²) in [6, 6.07) is 0. The van der Waals surface area contributed by atoms with Gasteiger partial charge < -0.3 is 0 Å². The molecule has 0 bridgehead atoms. The molecule has 66 valence electrons. The molecule has 0 aromatic heterocycles. The summed E-state index contributed by atoms with van der Waals surface area (Å²) in [6.07, 6.45) is 7.45. The smallest absolute Gasteiger partial charge is 0.0171 e. The van der Waals surface area contributed by atoms with E-state index in [4.69, 9.17) is 0 Å². The molecule has 1 fully saturated rings. The lowest BCUT2D eigenvalue weighted by Crippen LogP contribution is -2.15. The summed E-state index contributed by atoms with van der Waals surface area (Å²) in [7, 11) is 0. The maximum Gasteiger partial charge on any atom is 0.0171 e. The molecule has 0 nitrogen and oxygen atoms in total. The molecule has 0 radical (unpaired) electrons. The lowest BCUT2D eigenvalue weighted by Gasteiger charge is -2.22. The van der Waals surface area contributed by atoms with Crippen molar-refractivity contribution in [1.82, 2.24) is 0 Å². The largest absolute Gasteiger partial charge is 0.103 e. The van der Waals surface area contributed by atoms with Gasteiger partial charge in [0.2, 0.25) is 0 Å². The lowest BCUT2D eigenvalue weighted by molar-refractivity contribution is 0.403. The lowest BCUT2D eigenvalue weighted by atomic mass is 9.91. The van der Waals surface area contributed by atoms with Gasteiger partial charge in [0.05, 0.1) is 0 Å². The summed E-state index contributed by atoms with van der Waals surface area (Å²) in [4.78, 5) is 0.816. The van der Waals surface area contributed by atoms with Crippen LogP contribution in [0.25, 0.3) is 0 Å². The van der Waals surface area contributed by atoms with Crippen molar-refractivity contribution in [3.05, 3.63) is 12.7 Å². The first-order valence-corrected chi connectivity index (χ1v) is 5.35. The topological polar surface area (TPSA) is 0 Å². The summed E-state index contributed by atoms with van der Waals surface area (Å²) in [5.74, 6) is 0.920. The molecule has 1 aliphatic carbocycles. The average Bonchev–Trinajstić information content (AvgIpc) is 1.97. The van der Waals surface area contributed by atoms with Crippen LogP contribution in [-0.2, 0) is 0 Å². The number of allylic oxidation sites excluding steroid dienone is 1. The Hall–Kier alpha value is 0.220. The molecule has 0 N–H and O–H groups in total. The summed E-state index contributed by atoms with van der Waals surface area (Å²) in [5.41, 5.74) is 0. The van der Waals surface area contributed by atoms with E-state index in [1.807, 2.05) is 6.92 Å². The molecule has 11 heavy (non-hydrogen) atoms. The van der Waals surface area contributed by atoms with Crippen LogP contribution in [0.5, 0.6) is 0 Å². The molecule has 0 amide bonds. The minimum Gasteiger partial charge on any atom is -0.103 e. The second-order valence-corrected chi connectivity index (χ2v) is 4.36. The van der Waals surface area contributed by atoms with Crippen LogP contribution in [-0.4, -0.2) is 4.83 Å². The van der Waals surface area contributed by atoms with Gasteiger partial charge in [0, 0.05) is 4.83 Å². The Balaban J connectivity index is 0.000000292. The van der Waals surface area contributed by atoms with E-state index in [0.29, 0.717) is 0 Å². The third-order valence-corrected chi connectivity index (χ3v) is 3.37. The van der Waals surface area contributed by atoms with Gasteiger partial charge >= 0.3 is 0 Å². The van der Waals surface area contributed by atoms with E-state index in [1.165, 1.54) is 25.7 Å². The Morgan fingerprint density at radius 2 is 1.82 bits per heavy atom. The molecule has 0 aromatic carbocycles. The highest BCUT2D eigenvalue weighted by Gasteiger charge is 2.17. The van der Waals surface area contributed by atoms with Gasteiger partial charge in [-0.2, -0.15) is 0 Å². The molecule has 1 aliphatic rings. The molecule has 2 unspecified atom stereocenters. The predicted octanol–water partition coefficient (Wildman–Crippen LogP) is 4.15. The maximum absolute atomic E-state index is 3.65. The first kappa shape index (κ1) is 11.2. The van der Waals surface area contributed by atoms with Gasteiger partial charge in [0.1, 0.15) is 0 Å². The van der Waals surface area contributed by atoms with Crippen molar-refractivity contribution in [3.63, 3.8) is 0 Å². The molecule has 0 heterocycles. The Kier molecular flexibility index (Phi) is 7.04. The normalized spacial score (nSPS) is 30.1. The third-order valence-electron chi connectivity index (χ3n) is 2.01. The first-order valence-electron chi connectivity index (χ1n) is 4.43. The van der Waals surface area contributed by atoms with Crippen molar-refractivity contribution >= 4 is 15.9 Å². The van der Waals surface area contributed by atoms with Crippen molar-refractivity contribution in [2.45, 2.75) is 44.4 Å². The second-order valence-electron chi connectivity index (χ2n) is 3.19. The zero-order valence-corrected chi connectivity index (χ0v) is 9.23. The Labute approximate surface area is 79.2 Å². The highest BCUT2D eigenvalue weighted by atomic mass is 79.9. The van der Waals surface area contributed by atoms with E-state index in [0.717, 1.165) is 10.7 Å². The highest BCUT2D eigenvalue weighted by molar-refractivity contribution is 9.09. The van der Waals surface area contributed by atoms with Crippen LogP contribution in [0.15, 0.2) is 12.7 Å². The zero-order chi connectivity index (χ0) is 8.69. The van der Waals surface area contributed by atoms with E-state index in [-0.39, 0.29) is 0 Å². The van der Waals surface area contributed by atoms with Crippen molar-refractivity contribution in [3.8, 4) is 0 Å². The Bertz CT molecular complexity index is 89.0. The Morgan fingerprint density at radius 1 is 1.36 bits per heavy atom. The van der Waals surface area contributed by atoms with E-state index in [2.05, 4.69) is 29.4 Å². The van der Waals surface area contributed by atoms with Crippen LogP contribution < -0.4 is 0 Å². The van der Waals surface area contributed by atoms with Gasteiger partial charge in [-0.25, -0.2) is 0 Å². The molecule has 1 heteroatoms. The molecule has 1 saturated carbocycles.